The van der Waals surface area contributed by atoms with Crippen molar-refractivity contribution < 1.29 is 0 Å². The summed E-state index contributed by atoms with van der Waals surface area (Å²) in [5.41, 5.74) is 1.20. The molecule has 1 N–H and O–H groups in total. The van der Waals surface area contributed by atoms with Gasteiger partial charge in [0.1, 0.15) is 5.82 Å². The maximum absolute atomic E-state index is 11.6. The van der Waals surface area contributed by atoms with E-state index in [1.54, 1.807) is 18.2 Å². The van der Waals surface area contributed by atoms with Gasteiger partial charge in [-0.25, -0.2) is 4.98 Å². The Morgan fingerprint density at radius 1 is 1.17 bits per heavy atom. The smallest absolute Gasteiger partial charge is 0.251 e. The first-order valence-electron chi connectivity index (χ1n) is 5.54. The second-order valence-electron chi connectivity index (χ2n) is 4.30. The maximum atomic E-state index is 11.6. The van der Waals surface area contributed by atoms with E-state index in [9.17, 15) is 4.79 Å². The van der Waals surface area contributed by atoms with Crippen molar-refractivity contribution in [2.45, 2.75) is 19.8 Å². The highest BCUT2D eigenvalue weighted by atomic mass is 35.5. The lowest BCUT2D eigenvalue weighted by Crippen LogP contribution is -2.12. The van der Waals surface area contributed by atoms with E-state index in [0.717, 1.165) is 5.56 Å². The van der Waals surface area contributed by atoms with Gasteiger partial charge in [-0.05, 0) is 12.1 Å². The van der Waals surface area contributed by atoms with Crippen LogP contribution in [0.25, 0.3) is 11.3 Å². The molecule has 94 valence electrons. The van der Waals surface area contributed by atoms with Gasteiger partial charge in [-0.1, -0.05) is 43.1 Å². The zero-order valence-electron chi connectivity index (χ0n) is 10.00. The summed E-state index contributed by atoms with van der Waals surface area (Å²) in [6, 6.07) is 6.64. The second-order valence-corrected chi connectivity index (χ2v) is 5.11. The third-order valence-corrected chi connectivity index (χ3v) is 3.26. The zero-order chi connectivity index (χ0) is 13.3. The van der Waals surface area contributed by atoms with Crippen LogP contribution < -0.4 is 5.56 Å². The number of nitrogens with zero attached hydrogens (tertiary/aromatic N) is 1. The molecule has 1 aromatic heterocycles. The Morgan fingerprint density at radius 3 is 2.50 bits per heavy atom. The molecule has 0 bridgehead atoms. The predicted octanol–water partition coefficient (Wildman–Crippen LogP) is 3.87. The summed E-state index contributed by atoms with van der Waals surface area (Å²) in [7, 11) is 0. The summed E-state index contributed by atoms with van der Waals surface area (Å²) in [5.74, 6) is 0.809. The highest BCUT2D eigenvalue weighted by molar-refractivity contribution is 6.42. The SMILES string of the molecule is CC(C)c1nc(-c2ccc(Cl)c(Cl)c2)cc(=O)[nH]1. The molecule has 0 saturated heterocycles. The Labute approximate surface area is 115 Å². The molecule has 0 amide bonds. The number of aromatic amines is 1. The summed E-state index contributed by atoms with van der Waals surface area (Å²) in [6.07, 6.45) is 0. The average Bonchev–Trinajstić information content (AvgIpc) is 2.31. The molecule has 3 nitrogen and oxygen atoms in total. The van der Waals surface area contributed by atoms with E-state index in [4.69, 9.17) is 23.2 Å². The number of aromatic nitrogens is 2. The van der Waals surface area contributed by atoms with Crippen LogP contribution in [0.2, 0.25) is 10.0 Å². The minimum Gasteiger partial charge on any atom is -0.310 e. The number of halogens is 2. The van der Waals surface area contributed by atoms with Crippen LogP contribution in [0.15, 0.2) is 29.1 Å². The van der Waals surface area contributed by atoms with E-state index in [0.29, 0.717) is 21.6 Å². The van der Waals surface area contributed by atoms with Crippen molar-refractivity contribution in [2.24, 2.45) is 0 Å². The number of benzene rings is 1. The third-order valence-electron chi connectivity index (χ3n) is 2.52. The van der Waals surface area contributed by atoms with Gasteiger partial charge in [-0.2, -0.15) is 0 Å². The first kappa shape index (κ1) is 13.1. The molecule has 2 rings (SSSR count). The van der Waals surface area contributed by atoms with Crippen LogP contribution in [0.1, 0.15) is 25.6 Å². The zero-order valence-corrected chi connectivity index (χ0v) is 11.5. The van der Waals surface area contributed by atoms with Gasteiger partial charge in [-0.3, -0.25) is 4.79 Å². The summed E-state index contributed by atoms with van der Waals surface area (Å²) >= 11 is 11.8. The Bertz CT molecular complexity index is 635. The summed E-state index contributed by atoms with van der Waals surface area (Å²) < 4.78 is 0. The Hall–Kier alpha value is -1.32. The van der Waals surface area contributed by atoms with Gasteiger partial charge in [-0.15, -0.1) is 0 Å². The Kier molecular flexibility index (Phi) is 3.73. The highest BCUT2D eigenvalue weighted by Gasteiger charge is 2.08. The van der Waals surface area contributed by atoms with Gasteiger partial charge in [0.2, 0.25) is 0 Å². The summed E-state index contributed by atoms with van der Waals surface area (Å²) in [6.45, 7) is 3.94. The molecule has 0 aliphatic heterocycles. The van der Waals surface area contributed by atoms with Gasteiger partial charge in [0.25, 0.3) is 5.56 Å². The van der Waals surface area contributed by atoms with Crippen LogP contribution >= 0.6 is 23.2 Å². The van der Waals surface area contributed by atoms with Gasteiger partial charge >= 0.3 is 0 Å². The fourth-order valence-electron chi connectivity index (χ4n) is 1.55. The van der Waals surface area contributed by atoms with Crippen molar-refractivity contribution in [3.8, 4) is 11.3 Å². The number of rotatable bonds is 2. The van der Waals surface area contributed by atoms with Crippen molar-refractivity contribution >= 4 is 23.2 Å². The molecule has 0 aliphatic rings. The van der Waals surface area contributed by atoms with E-state index >= 15 is 0 Å². The molecular weight excluding hydrogens is 271 g/mol. The van der Waals surface area contributed by atoms with Gasteiger partial charge < -0.3 is 4.98 Å². The highest BCUT2D eigenvalue weighted by Crippen LogP contribution is 2.27. The second kappa shape index (κ2) is 5.12. The first-order chi connectivity index (χ1) is 8.47. The van der Waals surface area contributed by atoms with Crippen molar-refractivity contribution in [1.29, 1.82) is 0 Å². The quantitative estimate of drug-likeness (QED) is 0.909. The van der Waals surface area contributed by atoms with E-state index in [1.807, 2.05) is 13.8 Å². The number of hydrogen-bond donors (Lipinski definition) is 1. The van der Waals surface area contributed by atoms with Crippen LogP contribution in [-0.4, -0.2) is 9.97 Å². The number of hydrogen-bond acceptors (Lipinski definition) is 2. The normalized spacial score (nSPS) is 10.9. The van der Waals surface area contributed by atoms with Gasteiger partial charge in [0.05, 0.1) is 15.7 Å². The molecule has 1 aromatic carbocycles. The Morgan fingerprint density at radius 2 is 1.89 bits per heavy atom. The molecular formula is C13H12Cl2N2O. The average molecular weight is 283 g/mol. The van der Waals surface area contributed by atoms with Gasteiger partial charge in [0, 0.05) is 17.5 Å². The maximum Gasteiger partial charge on any atom is 0.251 e. The minimum absolute atomic E-state index is 0.153. The molecule has 0 spiro atoms. The van der Waals surface area contributed by atoms with E-state index < -0.39 is 0 Å². The number of H-pyrrole nitrogens is 1. The van der Waals surface area contributed by atoms with E-state index in [-0.39, 0.29) is 11.5 Å². The third kappa shape index (κ3) is 2.74. The van der Waals surface area contributed by atoms with Gasteiger partial charge in [0.15, 0.2) is 0 Å². The molecule has 0 unspecified atom stereocenters. The standard InChI is InChI=1S/C13H12Cl2N2O/c1-7(2)13-16-11(6-12(18)17-13)8-3-4-9(14)10(15)5-8/h3-7H,1-2H3,(H,16,17,18). The molecule has 0 fully saturated rings. The molecule has 0 atom stereocenters. The first-order valence-corrected chi connectivity index (χ1v) is 6.29. The fourth-order valence-corrected chi connectivity index (χ4v) is 1.85. The van der Waals surface area contributed by atoms with Crippen molar-refractivity contribution in [3.63, 3.8) is 0 Å². The molecule has 5 heteroatoms. The van der Waals surface area contributed by atoms with Crippen LogP contribution in [0, 0.1) is 0 Å². The lowest BCUT2D eigenvalue weighted by molar-refractivity contribution is 0.768. The van der Waals surface area contributed by atoms with E-state index in [1.165, 1.54) is 6.07 Å². The topological polar surface area (TPSA) is 45.8 Å². The van der Waals surface area contributed by atoms with Crippen LogP contribution in [0.4, 0.5) is 0 Å². The largest absolute Gasteiger partial charge is 0.310 e. The number of nitrogens with one attached hydrogen (secondary N) is 1. The molecule has 0 saturated carbocycles. The summed E-state index contributed by atoms with van der Waals surface area (Å²) in [4.78, 5) is 18.7. The Balaban J connectivity index is 2.56. The van der Waals surface area contributed by atoms with Crippen LogP contribution in [0.3, 0.4) is 0 Å². The monoisotopic (exact) mass is 282 g/mol. The molecule has 1 heterocycles. The molecule has 2 aromatic rings. The van der Waals surface area contributed by atoms with Crippen LogP contribution in [0.5, 0.6) is 0 Å². The lowest BCUT2D eigenvalue weighted by Gasteiger charge is -2.07. The molecule has 0 aliphatic carbocycles. The fraction of sp³-hybridized carbons (Fsp3) is 0.231. The summed E-state index contributed by atoms with van der Waals surface area (Å²) in [5, 5.41) is 0.927. The molecule has 18 heavy (non-hydrogen) atoms. The minimum atomic E-state index is -0.172. The van der Waals surface area contributed by atoms with Crippen molar-refractivity contribution in [3.05, 3.63) is 50.5 Å². The van der Waals surface area contributed by atoms with Crippen LogP contribution in [-0.2, 0) is 0 Å². The predicted molar refractivity (Wildman–Crippen MR) is 74.4 cm³/mol. The molecule has 0 radical (unpaired) electrons. The van der Waals surface area contributed by atoms with Crippen molar-refractivity contribution in [2.75, 3.05) is 0 Å². The lowest BCUT2D eigenvalue weighted by atomic mass is 10.1. The van der Waals surface area contributed by atoms with E-state index in [2.05, 4.69) is 9.97 Å². The van der Waals surface area contributed by atoms with Crippen molar-refractivity contribution in [1.82, 2.24) is 9.97 Å².